The van der Waals surface area contributed by atoms with Crippen LogP contribution in [0.2, 0.25) is 0 Å². The number of nitrogens with one attached hydrogen (secondary N) is 1. The van der Waals surface area contributed by atoms with Gasteiger partial charge in [-0.3, -0.25) is 10.1 Å². The molecule has 0 amide bonds. The maximum absolute atomic E-state index is 10.6. The molecular weight excluding hydrogens is 266 g/mol. The van der Waals surface area contributed by atoms with E-state index in [0.29, 0.717) is 5.82 Å². The lowest BCUT2D eigenvalue weighted by atomic mass is 10.3. The van der Waals surface area contributed by atoms with E-state index in [-0.39, 0.29) is 5.69 Å². The van der Waals surface area contributed by atoms with Gasteiger partial charge in [0.05, 0.1) is 4.92 Å². The van der Waals surface area contributed by atoms with Gasteiger partial charge in [0.25, 0.3) is 5.69 Å². The fourth-order valence-corrected chi connectivity index (χ4v) is 2.27. The van der Waals surface area contributed by atoms with E-state index < -0.39 is 4.92 Å². The van der Waals surface area contributed by atoms with Crippen LogP contribution in [0.25, 0.3) is 0 Å². The number of hydrogen-bond donors (Lipinski definition) is 2. The molecule has 98 valence electrons. The van der Waals surface area contributed by atoms with Crippen LogP contribution in [0, 0.1) is 17.0 Å². The van der Waals surface area contributed by atoms with E-state index in [9.17, 15) is 10.1 Å². The molecule has 0 unspecified atom stereocenters. The maximum atomic E-state index is 10.6. The summed E-state index contributed by atoms with van der Waals surface area (Å²) in [5, 5.41) is 11.3. The smallest absolute Gasteiger partial charge is 0.269 e. The van der Waals surface area contributed by atoms with Crippen LogP contribution in [0.3, 0.4) is 0 Å². The third-order valence-corrected chi connectivity index (χ3v) is 3.55. The summed E-state index contributed by atoms with van der Waals surface area (Å²) in [6, 6.07) is 6.28. The summed E-state index contributed by atoms with van der Waals surface area (Å²) >= 11 is 1.39. The van der Waals surface area contributed by atoms with Crippen molar-refractivity contribution in [1.29, 1.82) is 0 Å². The standard InChI is InChI=1S/C11H11N5O2S/c1-7-10(15-12)13-6-14-11(7)19-9-4-2-8(3-5-9)16(17)18/h2-6H,12H2,1H3,(H,13,14,15). The molecule has 2 aromatic rings. The Morgan fingerprint density at radius 1 is 1.32 bits per heavy atom. The highest BCUT2D eigenvalue weighted by atomic mass is 32.2. The van der Waals surface area contributed by atoms with Crippen LogP contribution in [-0.2, 0) is 0 Å². The predicted molar refractivity (Wildman–Crippen MR) is 71.8 cm³/mol. The van der Waals surface area contributed by atoms with Gasteiger partial charge < -0.3 is 5.43 Å². The summed E-state index contributed by atoms with van der Waals surface area (Å²) in [6.45, 7) is 1.85. The Balaban J connectivity index is 2.24. The lowest BCUT2D eigenvalue weighted by molar-refractivity contribution is -0.384. The molecule has 7 nitrogen and oxygen atoms in total. The number of hydrazine groups is 1. The van der Waals surface area contributed by atoms with Crippen molar-refractivity contribution in [2.75, 3.05) is 5.43 Å². The zero-order chi connectivity index (χ0) is 13.8. The first-order chi connectivity index (χ1) is 9.11. The Morgan fingerprint density at radius 2 is 2.00 bits per heavy atom. The molecule has 0 radical (unpaired) electrons. The number of nitrogens with zero attached hydrogens (tertiary/aromatic N) is 3. The average Bonchev–Trinajstić information content (AvgIpc) is 2.42. The number of nitro benzene ring substituents is 1. The van der Waals surface area contributed by atoms with Crippen molar-refractivity contribution in [3.63, 3.8) is 0 Å². The molecule has 8 heteroatoms. The molecule has 0 bridgehead atoms. The van der Waals surface area contributed by atoms with E-state index in [2.05, 4.69) is 15.4 Å². The van der Waals surface area contributed by atoms with Gasteiger partial charge in [-0.1, -0.05) is 11.8 Å². The Labute approximate surface area is 113 Å². The SMILES string of the molecule is Cc1c(NN)ncnc1Sc1ccc([N+](=O)[O-])cc1. The zero-order valence-electron chi connectivity index (χ0n) is 10.0. The monoisotopic (exact) mass is 277 g/mol. The van der Waals surface area contributed by atoms with Gasteiger partial charge in [0.2, 0.25) is 0 Å². The first kappa shape index (κ1) is 13.2. The summed E-state index contributed by atoms with van der Waals surface area (Å²) in [5.41, 5.74) is 3.38. The maximum Gasteiger partial charge on any atom is 0.269 e. The lowest BCUT2D eigenvalue weighted by Gasteiger charge is -2.07. The first-order valence-electron chi connectivity index (χ1n) is 5.32. The number of aromatic nitrogens is 2. The predicted octanol–water partition coefficient (Wildman–Crippen LogP) is 2.13. The van der Waals surface area contributed by atoms with Crippen molar-refractivity contribution in [1.82, 2.24) is 9.97 Å². The number of nitrogen functional groups attached to an aromatic ring is 1. The lowest BCUT2D eigenvalue weighted by Crippen LogP contribution is -2.10. The van der Waals surface area contributed by atoms with Crippen molar-refractivity contribution in [2.45, 2.75) is 16.8 Å². The molecule has 1 aromatic carbocycles. The molecule has 0 aliphatic rings. The molecule has 0 aliphatic heterocycles. The Morgan fingerprint density at radius 3 is 2.58 bits per heavy atom. The van der Waals surface area contributed by atoms with E-state index in [1.165, 1.54) is 30.2 Å². The number of anilines is 1. The fourth-order valence-electron chi connectivity index (χ4n) is 1.43. The largest absolute Gasteiger partial charge is 0.308 e. The van der Waals surface area contributed by atoms with Gasteiger partial charge in [-0.15, -0.1) is 0 Å². The molecular formula is C11H11N5O2S. The van der Waals surface area contributed by atoms with Crippen LogP contribution >= 0.6 is 11.8 Å². The van der Waals surface area contributed by atoms with Crippen LogP contribution in [-0.4, -0.2) is 14.9 Å². The number of non-ortho nitro benzene ring substituents is 1. The third kappa shape index (κ3) is 2.98. The third-order valence-electron chi connectivity index (χ3n) is 2.44. The molecule has 0 fully saturated rings. The normalized spacial score (nSPS) is 10.2. The second-order valence-electron chi connectivity index (χ2n) is 3.65. The topological polar surface area (TPSA) is 107 Å². The molecule has 0 saturated carbocycles. The van der Waals surface area contributed by atoms with Gasteiger partial charge in [-0.25, -0.2) is 15.8 Å². The van der Waals surface area contributed by atoms with Gasteiger partial charge in [0, 0.05) is 22.6 Å². The molecule has 1 heterocycles. The summed E-state index contributed by atoms with van der Waals surface area (Å²) in [6.07, 6.45) is 1.41. The molecule has 1 aromatic heterocycles. The van der Waals surface area contributed by atoms with Crippen LogP contribution in [0.4, 0.5) is 11.5 Å². The second kappa shape index (κ2) is 5.63. The van der Waals surface area contributed by atoms with Crippen molar-refractivity contribution >= 4 is 23.3 Å². The molecule has 0 spiro atoms. The van der Waals surface area contributed by atoms with E-state index in [1.807, 2.05) is 6.92 Å². The number of nitrogens with two attached hydrogens (primary N) is 1. The number of hydrogen-bond acceptors (Lipinski definition) is 7. The summed E-state index contributed by atoms with van der Waals surface area (Å²) < 4.78 is 0. The van der Waals surface area contributed by atoms with Gasteiger partial charge in [-0.2, -0.15) is 0 Å². The minimum atomic E-state index is -0.430. The van der Waals surface area contributed by atoms with Crippen LogP contribution in [0.5, 0.6) is 0 Å². The van der Waals surface area contributed by atoms with Gasteiger partial charge in [0.15, 0.2) is 0 Å². The number of rotatable bonds is 4. The van der Waals surface area contributed by atoms with Crippen LogP contribution in [0.15, 0.2) is 40.5 Å². The van der Waals surface area contributed by atoms with E-state index in [1.54, 1.807) is 12.1 Å². The highest BCUT2D eigenvalue weighted by molar-refractivity contribution is 7.99. The number of benzene rings is 1. The highest BCUT2D eigenvalue weighted by Crippen LogP contribution is 2.31. The number of nitro groups is 1. The van der Waals surface area contributed by atoms with Gasteiger partial charge in [0.1, 0.15) is 17.2 Å². The van der Waals surface area contributed by atoms with Crippen molar-refractivity contribution in [2.24, 2.45) is 5.84 Å². The minimum absolute atomic E-state index is 0.0630. The van der Waals surface area contributed by atoms with Crippen molar-refractivity contribution in [3.8, 4) is 0 Å². The average molecular weight is 277 g/mol. The zero-order valence-corrected chi connectivity index (χ0v) is 10.8. The van der Waals surface area contributed by atoms with E-state index in [0.717, 1.165) is 15.5 Å². The Kier molecular flexibility index (Phi) is 3.93. The molecule has 19 heavy (non-hydrogen) atoms. The molecule has 3 N–H and O–H groups in total. The Hall–Kier alpha value is -2.19. The summed E-state index contributed by atoms with van der Waals surface area (Å²) in [7, 11) is 0. The van der Waals surface area contributed by atoms with Crippen molar-refractivity contribution in [3.05, 3.63) is 46.3 Å². The Bertz CT molecular complexity index is 603. The minimum Gasteiger partial charge on any atom is -0.308 e. The summed E-state index contributed by atoms with van der Waals surface area (Å²) in [4.78, 5) is 19.1. The quantitative estimate of drug-likeness (QED) is 0.381. The first-order valence-corrected chi connectivity index (χ1v) is 6.14. The fraction of sp³-hybridized carbons (Fsp3) is 0.0909. The molecule has 0 atom stereocenters. The van der Waals surface area contributed by atoms with Crippen molar-refractivity contribution < 1.29 is 4.92 Å². The van der Waals surface area contributed by atoms with Crippen LogP contribution < -0.4 is 11.3 Å². The van der Waals surface area contributed by atoms with Crippen LogP contribution in [0.1, 0.15) is 5.56 Å². The van der Waals surface area contributed by atoms with Gasteiger partial charge in [-0.05, 0) is 19.1 Å². The van der Waals surface area contributed by atoms with Gasteiger partial charge >= 0.3 is 0 Å². The molecule has 0 saturated heterocycles. The summed E-state index contributed by atoms with van der Waals surface area (Å²) in [5.74, 6) is 5.90. The molecule has 2 rings (SSSR count). The highest BCUT2D eigenvalue weighted by Gasteiger charge is 2.09. The molecule has 0 aliphatic carbocycles. The van der Waals surface area contributed by atoms with E-state index in [4.69, 9.17) is 5.84 Å². The second-order valence-corrected chi connectivity index (χ2v) is 4.71. The van der Waals surface area contributed by atoms with E-state index >= 15 is 0 Å².